The van der Waals surface area contributed by atoms with E-state index in [1.807, 2.05) is 0 Å². The summed E-state index contributed by atoms with van der Waals surface area (Å²) < 4.78 is 12.9. The third-order valence-corrected chi connectivity index (χ3v) is 2.04. The van der Waals surface area contributed by atoms with Gasteiger partial charge in [-0.3, -0.25) is 4.79 Å². The smallest absolute Gasteiger partial charge is 0.451 e. The van der Waals surface area contributed by atoms with Crippen molar-refractivity contribution >= 4 is 13.4 Å². The zero-order valence-electron chi connectivity index (χ0n) is 7.85. The lowest BCUT2D eigenvalue weighted by atomic mass is 9.82. The fraction of sp³-hybridized carbons (Fsp3) is 0.222. The quantitative estimate of drug-likeness (QED) is 0.497. The van der Waals surface area contributed by atoms with Crippen LogP contribution in [0.2, 0.25) is 6.32 Å². The molecular weight excluding hydrogens is 202 g/mol. The zero-order chi connectivity index (χ0) is 11.4. The number of rotatable bonds is 4. The molecule has 0 spiro atoms. The zero-order valence-corrected chi connectivity index (χ0v) is 7.85. The molecule has 0 bridgehead atoms. The van der Waals surface area contributed by atoms with E-state index < -0.39 is 24.2 Å². The van der Waals surface area contributed by atoms with Crippen molar-refractivity contribution in [3.05, 3.63) is 29.1 Å². The predicted molar refractivity (Wildman–Crippen MR) is 52.2 cm³/mol. The van der Waals surface area contributed by atoms with Crippen molar-refractivity contribution in [2.75, 3.05) is 0 Å². The molecule has 0 heterocycles. The molecule has 15 heavy (non-hydrogen) atoms. The lowest BCUT2D eigenvalue weighted by Gasteiger charge is -2.06. The van der Waals surface area contributed by atoms with Gasteiger partial charge in [0.05, 0.1) is 5.56 Å². The average molecular weight is 212 g/mol. The Balaban J connectivity index is 2.95. The third kappa shape index (κ3) is 2.77. The van der Waals surface area contributed by atoms with Crippen molar-refractivity contribution in [2.24, 2.45) is 0 Å². The standard InChI is InChI=1S/C9H10BFO4/c11-8-2-1-6(3-4-10(14)15)9(13)7(8)5-12/h1-2,5,13-15H,3-4H2. The van der Waals surface area contributed by atoms with Gasteiger partial charge in [-0.25, -0.2) is 4.39 Å². The largest absolute Gasteiger partial charge is 0.507 e. The first kappa shape index (κ1) is 11.7. The highest BCUT2D eigenvalue weighted by molar-refractivity contribution is 6.41. The van der Waals surface area contributed by atoms with Crippen molar-refractivity contribution in [1.29, 1.82) is 0 Å². The lowest BCUT2D eigenvalue weighted by molar-refractivity contribution is 0.111. The number of aldehydes is 1. The number of hydrogen-bond donors (Lipinski definition) is 3. The first-order valence-electron chi connectivity index (χ1n) is 4.38. The molecule has 0 radical (unpaired) electrons. The Labute approximate surface area is 86.1 Å². The number of aromatic hydroxyl groups is 1. The number of carbonyl (C=O) groups is 1. The van der Waals surface area contributed by atoms with Gasteiger partial charge >= 0.3 is 7.12 Å². The van der Waals surface area contributed by atoms with Crippen LogP contribution in [0.4, 0.5) is 4.39 Å². The minimum Gasteiger partial charge on any atom is -0.507 e. The Hall–Kier alpha value is -1.40. The summed E-state index contributed by atoms with van der Waals surface area (Å²) in [7, 11) is -1.49. The normalized spacial score (nSPS) is 10.1. The Morgan fingerprint density at radius 2 is 2.07 bits per heavy atom. The summed E-state index contributed by atoms with van der Waals surface area (Å²) in [4.78, 5) is 10.4. The number of aryl methyl sites for hydroxylation is 1. The lowest BCUT2D eigenvalue weighted by Crippen LogP contribution is -2.11. The van der Waals surface area contributed by atoms with E-state index >= 15 is 0 Å². The molecule has 6 heteroatoms. The summed E-state index contributed by atoms with van der Waals surface area (Å²) >= 11 is 0. The molecule has 3 N–H and O–H groups in total. The van der Waals surface area contributed by atoms with E-state index in [0.717, 1.165) is 6.07 Å². The van der Waals surface area contributed by atoms with Gasteiger partial charge in [-0.15, -0.1) is 0 Å². The first-order valence-corrected chi connectivity index (χ1v) is 4.38. The monoisotopic (exact) mass is 212 g/mol. The molecule has 4 nitrogen and oxygen atoms in total. The molecule has 1 aromatic carbocycles. The van der Waals surface area contributed by atoms with Gasteiger partial charge in [0.2, 0.25) is 0 Å². The summed E-state index contributed by atoms with van der Waals surface area (Å²) in [6.07, 6.45) is 0.394. The van der Waals surface area contributed by atoms with Crippen molar-refractivity contribution in [3.8, 4) is 5.75 Å². The molecule has 0 aromatic heterocycles. The molecule has 1 rings (SSSR count). The van der Waals surface area contributed by atoms with E-state index in [9.17, 15) is 14.3 Å². The fourth-order valence-corrected chi connectivity index (χ4v) is 1.23. The molecule has 1 aromatic rings. The molecule has 80 valence electrons. The third-order valence-electron chi connectivity index (χ3n) is 2.04. The molecule has 0 atom stereocenters. The summed E-state index contributed by atoms with van der Waals surface area (Å²) in [5.74, 6) is -1.23. The summed E-state index contributed by atoms with van der Waals surface area (Å²) in [5, 5.41) is 26.7. The molecule has 0 saturated heterocycles. The SMILES string of the molecule is O=Cc1c(F)ccc(CCB(O)O)c1O. The van der Waals surface area contributed by atoms with Gasteiger partial charge in [0.1, 0.15) is 11.6 Å². The number of phenols is 1. The van der Waals surface area contributed by atoms with Crippen LogP contribution in [0.25, 0.3) is 0 Å². The van der Waals surface area contributed by atoms with Crippen LogP contribution in [0, 0.1) is 5.82 Å². The molecule has 0 aliphatic rings. The average Bonchev–Trinajstić information content (AvgIpc) is 2.17. The van der Waals surface area contributed by atoms with Crippen LogP contribution >= 0.6 is 0 Å². The van der Waals surface area contributed by atoms with Crippen LogP contribution in [0.1, 0.15) is 15.9 Å². The Morgan fingerprint density at radius 1 is 1.40 bits per heavy atom. The minimum atomic E-state index is -1.49. The van der Waals surface area contributed by atoms with E-state index in [2.05, 4.69) is 0 Å². The van der Waals surface area contributed by atoms with Gasteiger partial charge in [-0.1, -0.05) is 6.07 Å². The van der Waals surface area contributed by atoms with Crippen LogP contribution in [-0.4, -0.2) is 28.6 Å². The second-order valence-electron chi connectivity index (χ2n) is 3.11. The van der Waals surface area contributed by atoms with E-state index in [1.54, 1.807) is 0 Å². The highest BCUT2D eigenvalue weighted by Crippen LogP contribution is 2.25. The molecule has 0 unspecified atom stereocenters. The molecule has 0 fully saturated rings. The number of phenolic OH excluding ortho intramolecular Hbond substituents is 1. The first-order chi connectivity index (χ1) is 7.06. The van der Waals surface area contributed by atoms with E-state index in [0.29, 0.717) is 5.56 Å². The van der Waals surface area contributed by atoms with E-state index in [4.69, 9.17) is 10.0 Å². The second kappa shape index (κ2) is 4.90. The predicted octanol–water partition coefficient (Wildman–Crippen LogP) is 0.359. The van der Waals surface area contributed by atoms with Crippen LogP contribution in [0.15, 0.2) is 12.1 Å². The van der Waals surface area contributed by atoms with E-state index in [-0.39, 0.29) is 19.0 Å². The van der Waals surface area contributed by atoms with Crippen molar-refractivity contribution in [2.45, 2.75) is 12.7 Å². The number of halogens is 1. The molecule has 0 saturated carbocycles. The molecule has 0 aliphatic carbocycles. The van der Waals surface area contributed by atoms with Crippen molar-refractivity contribution in [3.63, 3.8) is 0 Å². The van der Waals surface area contributed by atoms with Crippen LogP contribution in [0.5, 0.6) is 5.75 Å². The van der Waals surface area contributed by atoms with Crippen LogP contribution in [-0.2, 0) is 6.42 Å². The number of carbonyl (C=O) groups excluding carboxylic acids is 1. The highest BCUT2D eigenvalue weighted by atomic mass is 19.1. The summed E-state index contributed by atoms with van der Waals surface area (Å²) in [6, 6.07) is 2.36. The second-order valence-corrected chi connectivity index (χ2v) is 3.11. The molecular formula is C9H10BFO4. The van der Waals surface area contributed by atoms with Gasteiger partial charge in [-0.2, -0.15) is 0 Å². The Kier molecular flexibility index (Phi) is 3.82. The van der Waals surface area contributed by atoms with Crippen molar-refractivity contribution < 1.29 is 24.3 Å². The number of hydrogen-bond acceptors (Lipinski definition) is 4. The van der Waals surface area contributed by atoms with Gasteiger partial charge in [0.25, 0.3) is 0 Å². The van der Waals surface area contributed by atoms with Crippen LogP contribution < -0.4 is 0 Å². The minimum absolute atomic E-state index is 0.0114. The van der Waals surface area contributed by atoms with Gasteiger partial charge in [0.15, 0.2) is 6.29 Å². The highest BCUT2D eigenvalue weighted by Gasteiger charge is 2.14. The van der Waals surface area contributed by atoms with Crippen LogP contribution in [0.3, 0.4) is 0 Å². The van der Waals surface area contributed by atoms with Gasteiger partial charge < -0.3 is 15.2 Å². The molecule has 0 aliphatic heterocycles. The van der Waals surface area contributed by atoms with Gasteiger partial charge in [-0.05, 0) is 24.4 Å². The maximum Gasteiger partial charge on any atom is 0.451 e. The van der Waals surface area contributed by atoms with E-state index in [1.165, 1.54) is 6.07 Å². The number of benzene rings is 1. The summed E-state index contributed by atoms with van der Waals surface area (Å²) in [6.45, 7) is 0. The fourth-order valence-electron chi connectivity index (χ4n) is 1.23. The van der Waals surface area contributed by atoms with Gasteiger partial charge in [0, 0.05) is 0 Å². The maximum absolute atomic E-state index is 12.9. The summed E-state index contributed by atoms with van der Waals surface area (Å²) in [5.41, 5.74) is -0.0912. The Morgan fingerprint density at radius 3 is 2.60 bits per heavy atom. The topological polar surface area (TPSA) is 77.8 Å². The Bertz CT molecular complexity index is 367. The maximum atomic E-state index is 12.9. The molecule has 0 amide bonds. The van der Waals surface area contributed by atoms with Crippen molar-refractivity contribution in [1.82, 2.24) is 0 Å².